The quantitative estimate of drug-likeness (QED) is 0.768. The van der Waals surface area contributed by atoms with Gasteiger partial charge in [-0.05, 0) is 43.9 Å². The smallest absolute Gasteiger partial charge is 0.181 e. The standard InChI is InChI=1S/C20H34O5/c1-13-6-7-16-14(2)17(23-11-5-10-22-4)24-20-12-19(16,20)15(13)8-9-18(3,21)25-20/h13-17,21H,5-12H2,1-4H3/t13-,14-,15?,16?,17?,18+,19+,20+/m1/s1. The number of ether oxygens (including phenoxy) is 4. The highest BCUT2D eigenvalue weighted by molar-refractivity contribution is 5.24. The normalized spacial score (nSPS) is 54.4. The maximum atomic E-state index is 10.7. The molecule has 1 N–H and O–H groups in total. The van der Waals surface area contributed by atoms with Crippen LogP contribution in [0.25, 0.3) is 0 Å². The molecule has 144 valence electrons. The molecule has 2 saturated heterocycles. The number of methoxy groups -OCH3 is 1. The molecule has 2 aliphatic heterocycles. The molecule has 2 heterocycles. The Bertz CT molecular complexity index is 508. The van der Waals surface area contributed by atoms with E-state index in [0.717, 1.165) is 19.3 Å². The highest BCUT2D eigenvalue weighted by Crippen LogP contribution is 2.78. The van der Waals surface area contributed by atoms with Crippen molar-refractivity contribution in [2.75, 3.05) is 20.3 Å². The number of hydrogen-bond acceptors (Lipinski definition) is 5. The minimum Gasteiger partial charge on any atom is -0.385 e. The third kappa shape index (κ3) is 2.69. The summed E-state index contributed by atoms with van der Waals surface area (Å²) >= 11 is 0. The van der Waals surface area contributed by atoms with E-state index in [0.29, 0.717) is 43.3 Å². The predicted octanol–water partition coefficient (Wildman–Crippen LogP) is 3.30. The van der Waals surface area contributed by atoms with Crippen molar-refractivity contribution >= 4 is 0 Å². The average molecular weight is 354 g/mol. The first-order valence-corrected chi connectivity index (χ1v) is 10.1. The van der Waals surface area contributed by atoms with Gasteiger partial charge in [-0.3, -0.25) is 0 Å². The second-order valence-electron chi connectivity index (χ2n) is 9.12. The van der Waals surface area contributed by atoms with E-state index in [1.54, 1.807) is 14.0 Å². The number of hydrogen-bond donors (Lipinski definition) is 1. The van der Waals surface area contributed by atoms with Gasteiger partial charge >= 0.3 is 0 Å². The third-order valence-electron chi connectivity index (χ3n) is 7.50. The minimum absolute atomic E-state index is 0.0803. The first-order valence-electron chi connectivity index (χ1n) is 10.1. The molecule has 8 atom stereocenters. The Labute approximate surface area is 151 Å². The average Bonchev–Trinajstić information content (AvgIpc) is 3.18. The second-order valence-corrected chi connectivity index (χ2v) is 9.12. The molecule has 0 aromatic heterocycles. The summed E-state index contributed by atoms with van der Waals surface area (Å²) in [5.41, 5.74) is 0.0803. The molecule has 1 spiro atoms. The molecule has 5 heteroatoms. The zero-order valence-corrected chi connectivity index (χ0v) is 16.1. The van der Waals surface area contributed by atoms with Gasteiger partial charge in [0.25, 0.3) is 0 Å². The lowest BCUT2D eigenvalue weighted by Crippen LogP contribution is -2.54. The minimum atomic E-state index is -1.10. The lowest BCUT2D eigenvalue weighted by Gasteiger charge is -2.51. The molecule has 0 amide bonds. The molecule has 25 heavy (non-hydrogen) atoms. The Morgan fingerprint density at radius 1 is 1.12 bits per heavy atom. The summed E-state index contributed by atoms with van der Waals surface area (Å²) in [5.74, 6) is 0.424. The summed E-state index contributed by atoms with van der Waals surface area (Å²) in [6.45, 7) is 7.77. The van der Waals surface area contributed by atoms with E-state index in [9.17, 15) is 5.11 Å². The van der Waals surface area contributed by atoms with Crippen LogP contribution in [-0.4, -0.2) is 43.3 Å². The Morgan fingerprint density at radius 3 is 2.68 bits per heavy atom. The van der Waals surface area contributed by atoms with Gasteiger partial charge in [-0.2, -0.15) is 0 Å². The van der Waals surface area contributed by atoms with Crippen molar-refractivity contribution in [2.45, 2.75) is 77.2 Å². The third-order valence-corrected chi connectivity index (χ3v) is 7.50. The number of aliphatic hydroxyl groups is 1. The van der Waals surface area contributed by atoms with E-state index in [1.165, 1.54) is 12.8 Å². The molecule has 4 rings (SSSR count). The SMILES string of the molecule is COCCCOC1O[C@]23C[C@]24C(CC[C@@H](C)C4CC[C@@](C)(O)O3)[C@H]1C. The highest BCUT2D eigenvalue weighted by Gasteiger charge is 2.83. The molecule has 0 aromatic rings. The van der Waals surface area contributed by atoms with Crippen LogP contribution in [0.3, 0.4) is 0 Å². The van der Waals surface area contributed by atoms with Gasteiger partial charge in [-0.15, -0.1) is 0 Å². The lowest BCUT2D eigenvalue weighted by molar-refractivity contribution is -0.378. The van der Waals surface area contributed by atoms with Crippen LogP contribution in [-0.2, 0) is 18.9 Å². The van der Waals surface area contributed by atoms with E-state index >= 15 is 0 Å². The molecular formula is C20H34O5. The van der Waals surface area contributed by atoms with Crippen LogP contribution < -0.4 is 0 Å². The van der Waals surface area contributed by atoms with Crippen molar-refractivity contribution in [1.82, 2.24) is 0 Å². The van der Waals surface area contributed by atoms with Gasteiger partial charge < -0.3 is 24.1 Å². The van der Waals surface area contributed by atoms with Crippen molar-refractivity contribution in [3.8, 4) is 0 Å². The predicted molar refractivity (Wildman–Crippen MR) is 92.6 cm³/mol. The first kappa shape index (κ1) is 18.2. The van der Waals surface area contributed by atoms with Crippen molar-refractivity contribution in [2.24, 2.45) is 29.1 Å². The van der Waals surface area contributed by atoms with Gasteiger partial charge in [-0.25, -0.2) is 0 Å². The summed E-state index contributed by atoms with van der Waals surface area (Å²) in [5, 5.41) is 10.7. The fraction of sp³-hybridized carbons (Fsp3) is 1.00. The van der Waals surface area contributed by atoms with Gasteiger partial charge in [0, 0.05) is 37.9 Å². The molecular weight excluding hydrogens is 320 g/mol. The van der Waals surface area contributed by atoms with Gasteiger partial charge in [0.15, 0.2) is 17.9 Å². The molecule has 5 nitrogen and oxygen atoms in total. The lowest BCUT2D eigenvalue weighted by atomic mass is 9.58. The van der Waals surface area contributed by atoms with E-state index in [4.69, 9.17) is 18.9 Å². The van der Waals surface area contributed by atoms with Crippen LogP contribution in [0.5, 0.6) is 0 Å². The van der Waals surface area contributed by atoms with E-state index in [1.807, 2.05) is 0 Å². The zero-order valence-electron chi connectivity index (χ0n) is 16.1. The van der Waals surface area contributed by atoms with Gasteiger partial charge in [-0.1, -0.05) is 20.3 Å². The van der Waals surface area contributed by atoms with Crippen molar-refractivity contribution < 1.29 is 24.1 Å². The molecule has 2 saturated carbocycles. The molecule has 0 aromatic carbocycles. The van der Waals surface area contributed by atoms with Crippen LogP contribution in [0.2, 0.25) is 0 Å². The topological polar surface area (TPSA) is 57.2 Å². The van der Waals surface area contributed by atoms with Crippen molar-refractivity contribution in [3.05, 3.63) is 0 Å². The maximum absolute atomic E-state index is 10.7. The van der Waals surface area contributed by atoms with Crippen molar-refractivity contribution in [1.29, 1.82) is 0 Å². The van der Waals surface area contributed by atoms with Gasteiger partial charge in [0.2, 0.25) is 0 Å². The van der Waals surface area contributed by atoms with Crippen LogP contribution in [0.15, 0.2) is 0 Å². The monoisotopic (exact) mass is 354 g/mol. The van der Waals surface area contributed by atoms with Crippen molar-refractivity contribution in [3.63, 3.8) is 0 Å². The van der Waals surface area contributed by atoms with Crippen LogP contribution in [0, 0.1) is 29.1 Å². The first-order chi connectivity index (χ1) is 11.9. The summed E-state index contributed by atoms with van der Waals surface area (Å²) in [4.78, 5) is 0. The van der Waals surface area contributed by atoms with Gasteiger partial charge in [0.05, 0.1) is 6.61 Å². The molecule has 3 unspecified atom stereocenters. The molecule has 0 bridgehead atoms. The summed E-state index contributed by atoms with van der Waals surface area (Å²) in [6, 6.07) is 0. The molecule has 4 fully saturated rings. The Kier molecular flexibility index (Phi) is 4.48. The molecule has 4 aliphatic rings. The number of rotatable bonds is 5. The van der Waals surface area contributed by atoms with E-state index in [2.05, 4.69) is 13.8 Å². The summed E-state index contributed by atoms with van der Waals surface area (Å²) < 4.78 is 24.0. The van der Waals surface area contributed by atoms with Gasteiger partial charge in [0.1, 0.15) is 0 Å². The summed E-state index contributed by atoms with van der Waals surface area (Å²) in [7, 11) is 1.71. The van der Waals surface area contributed by atoms with Crippen LogP contribution in [0.1, 0.15) is 59.3 Å². The largest absolute Gasteiger partial charge is 0.385 e. The second kappa shape index (κ2) is 6.16. The maximum Gasteiger partial charge on any atom is 0.181 e. The Balaban J connectivity index is 1.59. The fourth-order valence-corrected chi connectivity index (χ4v) is 6.34. The fourth-order valence-electron chi connectivity index (χ4n) is 6.34. The van der Waals surface area contributed by atoms with E-state index in [-0.39, 0.29) is 11.7 Å². The molecule has 2 aliphatic carbocycles. The molecule has 0 radical (unpaired) electrons. The van der Waals surface area contributed by atoms with Crippen LogP contribution >= 0.6 is 0 Å². The highest BCUT2D eigenvalue weighted by atomic mass is 16.8. The van der Waals surface area contributed by atoms with E-state index < -0.39 is 11.6 Å². The Hall–Kier alpha value is -0.200. The zero-order chi connectivity index (χ0) is 17.9. The summed E-state index contributed by atoms with van der Waals surface area (Å²) in [6.07, 6.45) is 5.73. The van der Waals surface area contributed by atoms with Crippen LogP contribution in [0.4, 0.5) is 0 Å². The Morgan fingerprint density at radius 2 is 1.92 bits per heavy atom.